The van der Waals surface area contributed by atoms with Crippen LogP contribution in [-0.4, -0.2) is 45.5 Å². The minimum Gasteiger partial charge on any atom is -0.479 e. The first-order chi connectivity index (χ1) is 9.17. The van der Waals surface area contributed by atoms with Crippen molar-refractivity contribution in [3.05, 3.63) is 0 Å². The van der Waals surface area contributed by atoms with Gasteiger partial charge in [0.05, 0.1) is 0 Å². The maximum absolute atomic E-state index is 12.3. The van der Waals surface area contributed by atoms with Crippen LogP contribution < -0.4 is 11.1 Å². The van der Waals surface area contributed by atoms with Gasteiger partial charge in [-0.1, -0.05) is 13.3 Å². The fourth-order valence-corrected chi connectivity index (χ4v) is 2.57. The van der Waals surface area contributed by atoms with Crippen LogP contribution in [0.1, 0.15) is 46.5 Å². The zero-order chi connectivity index (χ0) is 15.6. The summed E-state index contributed by atoms with van der Waals surface area (Å²) in [6, 6.07) is -0.554. The second-order valence-electron chi connectivity index (χ2n) is 5.76. The largest absolute Gasteiger partial charge is 0.479 e. The van der Waals surface area contributed by atoms with Gasteiger partial charge in [-0.3, -0.25) is 4.79 Å². The molecule has 0 aromatic heterocycles. The van der Waals surface area contributed by atoms with Crippen LogP contribution in [0, 0.1) is 0 Å². The number of hydrogen-bond donors (Lipinski definition) is 3. The molecule has 0 bridgehead atoms. The fourth-order valence-electron chi connectivity index (χ4n) is 2.57. The Balaban J connectivity index is 2.96. The van der Waals surface area contributed by atoms with Gasteiger partial charge in [-0.2, -0.15) is 0 Å². The van der Waals surface area contributed by atoms with Crippen LogP contribution in [0.5, 0.6) is 0 Å². The number of carbonyl (C=O) groups is 3. The number of nitrogens with zero attached hydrogens (tertiary/aromatic N) is 1. The van der Waals surface area contributed by atoms with Gasteiger partial charge in [0.25, 0.3) is 0 Å². The van der Waals surface area contributed by atoms with Crippen LogP contribution in [0.15, 0.2) is 0 Å². The Bertz CT molecular complexity index is 422. The molecule has 1 saturated heterocycles. The van der Waals surface area contributed by atoms with E-state index < -0.39 is 29.0 Å². The first-order valence-corrected chi connectivity index (χ1v) is 6.80. The molecule has 4 N–H and O–H groups in total. The normalized spacial score (nSPS) is 22.6. The highest BCUT2D eigenvalue weighted by Gasteiger charge is 2.50. The van der Waals surface area contributed by atoms with Gasteiger partial charge in [0.1, 0.15) is 11.1 Å². The summed E-state index contributed by atoms with van der Waals surface area (Å²) in [7, 11) is 0. The number of carboxylic acids is 1. The Morgan fingerprint density at radius 1 is 1.40 bits per heavy atom. The second kappa shape index (κ2) is 5.68. The summed E-state index contributed by atoms with van der Waals surface area (Å²) in [6.07, 6.45) is 2.12. The Morgan fingerprint density at radius 2 is 2.00 bits per heavy atom. The molecule has 7 nitrogen and oxygen atoms in total. The lowest BCUT2D eigenvalue weighted by Crippen LogP contribution is -2.61. The monoisotopic (exact) mass is 285 g/mol. The second-order valence-corrected chi connectivity index (χ2v) is 5.76. The van der Waals surface area contributed by atoms with Crippen molar-refractivity contribution < 1.29 is 19.5 Å². The predicted octanol–water partition coefficient (Wildman–Crippen LogP) is 0.679. The van der Waals surface area contributed by atoms with Gasteiger partial charge in [0.2, 0.25) is 5.91 Å². The van der Waals surface area contributed by atoms with E-state index in [1.807, 2.05) is 6.92 Å². The molecule has 0 saturated carbocycles. The molecular weight excluding hydrogens is 262 g/mol. The van der Waals surface area contributed by atoms with Crippen molar-refractivity contribution in [1.29, 1.82) is 0 Å². The molecule has 1 aliphatic heterocycles. The van der Waals surface area contributed by atoms with Gasteiger partial charge >= 0.3 is 12.0 Å². The molecule has 0 spiro atoms. The van der Waals surface area contributed by atoms with Crippen molar-refractivity contribution in [1.82, 2.24) is 10.2 Å². The van der Waals surface area contributed by atoms with E-state index in [1.165, 1.54) is 18.7 Å². The summed E-state index contributed by atoms with van der Waals surface area (Å²) in [5.74, 6) is -1.66. The Hall–Kier alpha value is -1.79. The van der Waals surface area contributed by atoms with E-state index >= 15 is 0 Å². The number of carboxylic acid groups (broad SMARTS) is 1. The highest BCUT2D eigenvalue weighted by atomic mass is 16.4. The lowest BCUT2D eigenvalue weighted by molar-refractivity contribution is -0.148. The van der Waals surface area contributed by atoms with Gasteiger partial charge < -0.3 is 21.1 Å². The maximum atomic E-state index is 12.3. The zero-order valence-corrected chi connectivity index (χ0v) is 12.2. The smallest absolute Gasteiger partial charge is 0.329 e. The number of aliphatic carboxylic acids is 1. The first-order valence-electron chi connectivity index (χ1n) is 6.80. The van der Waals surface area contributed by atoms with Gasteiger partial charge in [-0.05, 0) is 33.1 Å². The van der Waals surface area contributed by atoms with E-state index in [4.69, 9.17) is 5.73 Å². The Kier molecular flexibility index (Phi) is 4.62. The number of carbonyl (C=O) groups excluding carboxylic acids is 2. The van der Waals surface area contributed by atoms with E-state index in [0.717, 1.165) is 0 Å². The number of rotatable bonds is 5. The molecule has 7 heteroatoms. The number of primary amides is 1. The fraction of sp³-hybridized carbons (Fsp3) is 0.769. The van der Waals surface area contributed by atoms with Gasteiger partial charge in [0, 0.05) is 6.54 Å². The van der Waals surface area contributed by atoms with E-state index in [-0.39, 0.29) is 0 Å². The minimum absolute atomic E-state index is 0.368. The van der Waals surface area contributed by atoms with Gasteiger partial charge in [-0.15, -0.1) is 0 Å². The van der Waals surface area contributed by atoms with E-state index in [9.17, 15) is 19.5 Å². The lowest BCUT2D eigenvalue weighted by Gasteiger charge is -2.36. The molecule has 1 atom stereocenters. The molecule has 0 radical (unpaired) electrons. The molecule has 1 heterocycles. The van der Waals surface area contributed by atoms with Crippen molar-refractivity contribution in [2.75, 3.05) is 6.54 Å². The van der Waals surface area contributed by atoms with Gasteiger partial charge in [0.15, 0.2) is 0 Å². The topological polar surface area (TPSA) is 113 Å². The average Bonchev–Trinajstić information content (AvgIpc) is 2.73. The number of amides is 3. The van der Waals surface area contributed by atoms with Crippen LogP contribution in [0.3, 0.4) is 0 Å². The maximum Gasteiger partial charge on any atom is 0.329 e. The number of nitrogens with two attached hydrogens (primary N) is 1. The lowest BCUT2D eigenvalue weighted by atomic mass is 9.91. The molecule has 0 aliphatic carbocycles. The number of urea groups is 1. The molecule has 20 heavy (non-hydrogen) atoms. The number of likely N-dealkylation sites (tertiary alicyclic amines) is 1. The number of nitrogens with one attached hydrogen (secondary N) is 1. The first kappa shape index (κ1) is 16.3. The van der Waals surface area contributed by atoms with Crippen molar-refractivity contribution >= 4 is 17.9 Å². The van der Waals surface area contributed by atoms with Crippen LogP contribution in [-0.2, 0) is 9.59 Å². The summed E-state index contributed by atoms with van der Waals surface area (Å²) in [5.41, 5.74) is 2.83. The summed E-state index contributed by atoms with van der Waals surface area (Å²) in [4.78, 5) is 36.5. The van der Waals surface area contributed by atoms with Crippen LogP contribution in [0.4, 0.5) is 4.79 Å². The van der Waals surface area contributed by atoms with E-state index in [2.05, 4.69) is 5.32 Å². The molecule has 1 unspecified atom stereocenters. The molecular formula is C13H23N3O4. The zero-order valence-electron chi connectivity index (χ0n) is 12.2. The molecule has 0 aromatic rings. The molecule has 3 amide bonds. The minimum atomic E-state index is -1.21. The quantitative estimate of drug-likeness (QED) is 0.689. The molecule has 1 rings (SSSR count). The third kappa shape index (κ3) is 2.86. The summed E-state index contributed by atoms with van der Waals surface area (Å²) >= 11 is 0. The SMILES string of the molecule is CCCC1(C(=O)O)CCCN1C(=O)NC(C)(C)C(N)=O. The van der Waals surface area contributed by atoms with Gasteiger partial charge in [-0.25, -0.2) is 9.59 Å². The van der Waals surface area contributed by atoms with Crippen LogP contribution in [0.2, 0.25) is 0 Å². The highest BCUT2D eigenvalue weighted by Crippen LogP contribution is 2.34. The summed E-state index contributed by atoms with van der Waals surface area (Å²) in [6.45, 7) is 5.23. The molecule has 0 aromatic carbocycles. The predicted molar refractivity (Wildman–Crippen MR) is 73.0 cm³/mol. The van der Waals surface area contributed by atoms with Crippen molar-refractivity contribution in [2.24, 2.45) is 5.73 Å². The summed E-state index contributed by atoms with van der Waals surface area (Å²) < 4.78 is 0. The molecule has 1 aliphatic rings. The van der Waals surface area contributed by atoms with Crippen LogP contribution >= 0.6 is 0 Å². The van der Waals surface area contributed by atoms with Crippen molar-refractivity contribution in [2.45, 2.75) is 57.5 Å². The highest BCUT2D eigenvalue weighted by molar-refractivity contribution is 5.92. The van der Waals surface area contributed by atoms with E-state index in [0.29, 0.717) is 32.2 Å². The standard InChI is InChI=1S/C13H23N3O4/c1-4-6-13(10(18)19)7-5-8-16(13)11(20)15-12(2,3)9(14)17/h4-8H2,1-3H3,(H2,14,17)(H,15,20)(H,18,19). The van der Waals surface area contributed by atoms with Crippen molar-refractivity contribution in [3.8, 4) is 0 Å². The summed E-state index contributed by atoms with van der Waals surface area (Å²) in [5, 5.41) is 12.0. The molecule has 1 fully saturated rings. The Morgan fingerprint density at radius 3 is 2.45 bits per heavy atom. The third-order valence-corrected chi connectivity index (χ3v) is 3.83. The number of hydrogen-bond acceptors (Lipinski definition) is 3. The Labute approximate surface area is 118 Å². The third-order valence-electron chi connectivity index (χ3n) is 3.83. The van der Waals surface area contributed by atoms with Crippen LogP contribution in [0.25, 0.3) is 0 Å². The van der Waals surface area contributed by atoms with E-state index in [1.54, 1.807) is 0 Å². The van der Waals surface area contributed by atoms with Crippen molar-refractivity contribution in [3.63, 3.8) is 0 Å². The molecule has 114 valence electrons. The average molecular weight is 285 g/mol.